The van der Waals surface area contributed by atoms with E-state index in [9.17, 15) is 0 Å². The van der Waals surface area contributed by atoms with Gasteiger partial charge in [-0.25, -0.2) is 0 Å². The summed E-state index contributed by atoms with van der Waals surface area (Å²) in [6.45, 7) is 14.0. The van der Waals surface area contributed by atoms with Crippen LogP contribution in [0.4, 0.5) is 0 Å². The monoisotopic (exact) mass is 281 g/mol. The zero-order valence-corrected chi connectivity index (χ0v) is 14.1. The van der Waals surface area contributed by atoms with Crippen molar-refractivity contribution >= 4 is 8.32 Å². The maximum absolute atomic E-state index is 8.65. The Bertz CT molecular complexity index is 394. The van der Waals surface area contributed by atoms with Crippen molar-refractivity contribution in [2.24, 2.45) is 11.0 Å². The molecule has 0 radical (unpaired) electrons. The maximum Gasteiger partial charge on any atom is 0.191 e. The van der Waals surface area contributed by atoms with Crippen LogP contribution in [0, 0.1) is 5.92 Å². The molecule has 0 bridgehead atoms. The summed E-state index contributed by atoms with van der Waals surface area (Å²) in [7, 11) is -1.65. The molecule has 19 heavy (non-hydrogen) atoms. The van der Waals surface area contributed by atoms with E-state index in [1.807, 2.05) is 19.1 Å². The first-order chi connectivity index (χ1) is 8.68. The smallest absolute Gasteiger partial charge is 0.191 e. The second-order valence-corrected chi connectivity index (χ2v) is 11.8. The van der Waals surface area contributed by atoms with E-state index in [4.69, 9.17) is 9.96 Å². The van der Waals surface area contributed by atoms with Crippen LogP contribution in [-0.2, 0) is 4.43 Å². The van der Waals surface area contributed by atoms with Crippen LogP contribution >= 0.6 is 0 Å². The molecule has 0 heterocycles. The van der Waals surface area contributed by atoms with Gasteiger partial charge in [-0.05, 0) is 49.3 Å². The molecular weight excluding hydrogens is 254 g/mol. The van der Waals surface area contributed by atoms with Crippen LogP contribution in [0.1, 0.15) is 40.5 Å². The standard InChI is InChI=1S/C14H27N3OSi/c1-7-9-14(16-17-15)11-12(14)8-10-18-19(5,6)13(2,3)4/h7,9,12H,8,10-11H2,1-6H3/b9-7+/t12-,14+/m0/s1. The number of rotatable bonds is 6. The molecule has 1 saturated carbocycles. The van der Waals surface area contributed by atoms with E-state index in [1.54, 1.807) is 0 Å². The molecule has 2 atom stereocenters. The van der Waals surface area contributed by atoms with E-state index in [-0.39, 0.29) is 10.6 Å². The summed E-state index contributed by atoms with van der Waals surface area (Å²) in [5, 5.41) is 4.20. The van der Waals surface area contributed by atoms with Crippen LogP contribution in [0.25, 0.3) is 10.4 Å². The number of hydrogen-bond acceptors (Lipinski definition) is 2. The maximum atomic E-state index is 8.65. The van der Waals surface area contributed by atoms with Crippen molar-refractivity contribution in [2.45, 2.75) is 64.2 Å². The van der Waals surface area contributed by atoms with E-state index in [2.05, 4.69) is 43.9 Å². The number of hydrogen-bond donors (Lipinski definition) is 0. The molecule has 1 rings (SSSR count). The van der Waals surface area contributed by atoms with Crippen LogP contribution in [0.3, 0.4) is 0 Å². The molecule has 0 aromatic rings. The minimum absolute atomic E-state index is 0.252. The third-order valence-corrected chi connectivity index (χ3v) is 9.08. The van der Waals surface area contributed by atoms with Gasteiger partial charge in [0.15, 0.2) is 8.32 Å². The normalized spacial score (nSPS) is 27.4. The second kappa shape index (κ2) is 5.69. The minimum Gasteiger partial charge on any atom is -0.417 e. The highest BCUT2D eigenvalue weighted by molar-refractivity contribution is 6.74. The fourth-order valence-corrected chi connectivity index (χ4v) is 3.15. The molecule has 1 aliphatic carbocycles. The van der Waals surface area contributed by atoms with Gasteiger partial charge < -0.3 is 4.43 Å². The van der Waals surface area contributed by atoms with E-state index < -0.39 is 8.32 Å². The number of allylic oxidation sites excluding steroid dienone is 1. The van der Waals surface area contributed by atoms with Crippen molar-refractivity contribution in [3.63, 3.8) is 0 Å². The van der Waals surface area contributed by atoms with Gasteiger partial charge in [0.05, 0.1) is 5.54 Å². The molecule has 108 valence electrons. The first-order valence-corrected chi connectivity index (χ1v) is 9.93. The zero-order valence-electron chi connectivity index (χ0n) is 13.1. The summed E-state index contributed by atoms with van der Waals surface area (Å²) in [4.78, 5) is 2.98. The molecule has 0 N–H and O–H groups in total. The Morgan fingerprint density at radius 1 is 1.47 bits per heavy atom. The molecule has 0 aromatic heterocycles. The quantitative estimate of drug-likeness (QED) is 0.221. The van der Waals surface area contributed by atoms with Gasteiger partial charge in [-0.15, -0.1) is 0 Å². The van der Waals surface area contributed by atoms with Gasteiger partial charge in [0, 0.05) is 11.5 Å². The van der Waals surface area contributed by atoms with Gasteiger partial charge in [0.1, 0.15) is 0 Å². The second-order valence-electron chi connectivity index (χ2n) is 6.98. The topological polar surface area (TPSA) is 58.0 Å². The van der Waals surface area contributed by atoms with Crippen LogP contribution in [-0.4, -0.2) is 20.5 Å². The van der Waals surface area contributed by atoms with Gasteiger partial charge in [0.2, 0.25) is 0 Å². The average Bonchev–Trinajstić information content (AvgIpc) is 2.90. The average molecular weight is 281 g/mol. The highest BCUT2D eigenvalue weighted by Gasteiger charge is 2.51. The first-order valence-electron chi connectivity index (χ1n) is 7.02. The largest absolute Gasteiger partial charge is 0.417 e. The lowest BCUT2D eigenvalue weighted by Crippen LogP contribution is -2.41. The molecule has 5 heteroatoms. The van der Waals surface area contributed by atoms with Crippen LogP contribution in [0.15, 0.2) is 17.3 Å². The SMILES string of the molecule is C/C=C/[C@@]1(N=[N+]=[N-])C[C@@H]1CCO[Si](C)(C)C(C)(C)C. The molecule has 1 fully saturated rings. The fraction of sp³-hybridized carbons (Fsp3) is 0.857. The Balaban J connectivity index is 2.47. The lowest BCUT2D eigenvalue weighted by Gasteiger charge is -2.36. The highest BCUT2D eigenvalue weighted by Crippen LogP contribution is 2.51. The highest BCUT2D eigenvalue weighted by atomic mass is 28.4. The summed E-state index contributed by atoms with van der Waals surface area (Å²) in [5.41, 5.74) is 8.38. The summed E-state index contributed by atoms with van der Waals surface area (Å²) in [5.74, 6) is 0.448. The molecule has 4 nitrogen and oxygen atoms in total. The van der Waals surface area contributed by atoms with Crippen LogP contribution < -0.4 is 0 Å². The Labute approximate surface area is 118 Å². The van der Waals surface area contributed by atoms with Gasteiger partial charge in [-0.3, -0.25) is 0 Å². The van der Waals surface area contributed by atoms with Crippen molar-refractivity contribution < 1.29 is 4.43 Å². The third-order valence-electron chi connectivity index (χ3n) is 4.54. The van der Waals surface area contributed by atoms with Gasteiger partial charge in [0.25, 0.3) is 0 Å². The summed E-state index contributed by atoms with van der Waals surface area (Å²) in [6, 6.07) is 0. The van der Waals surface area contributed by atoms with Crippen LogP contribution in [0.2, 0.25) is 18.1 Å². The van der Waals surface area contributed by atoms with E-state index >= 15 is 0 Å². The minimum atomic E-state index is -1.65. The Morgan fingerprint density at radius 2 is 2.11 bits per heavy atom. The van der Waals surface area contributed by atoms with Gasteiger partial charge >= 0.3 is 0 Å². The zero-order chi connectivity index (χ0) is 14.7. The lowest BCUT2D eigenvalue weighted by molar-refractivity contribution is 0.272. The predicted octanol–water partition coefficient (Wildman–Crippen LogP) is 5.04. The first kappa shape index (κ1) is 16.3. The molecule has 0 amide bonds. The number of nitrogens with zero attached hydrogens (tertiary/aromatic N) is 3. The molecular formula is C14H27N3OSi. The van der Waals surface area contributed by atoms with E-state index in [1.165, 1.54) is 0 Å². The Kier molecular flexibility index (Phi) is 4.88. The third kappa shape index (κ3) is 3.85. The summed E-state index contributed by atoms with van der Waals surface area (Å²) < 4.78 is 6.17. The van der Waals surface area contributed by atoms with Crippen molar-refractivity contribution in [2.75, 3.05) is 6.61 Å². The van der Waals surface area contributed by atoms with Gasteiger partial charge in [-0.2, -0.15) is 0 Å². The van der Waals surface area contributed by atoms with Crippen molar-refractivity contribution in [3.8, 4) is 0 Å². The predicted molar refractivity (Wildman–Crippen MR) is 82.6 cm³/mol. The van der Waals surface area contributed by atoms with E-state index in [0.717, 1.165) is 19.4 Å². The molecule has 0 unspecified atom stereocenters. The van der Waals surface area contributed by atoms with Crippen molar-refractivity contribution in [3.05, 3.63) is 22.6 Å². The summed E-state index contributed by atoms with van der Waals surface area (Å²) >= 11 is 0. The molecule has 0 spiro atoms. The molecule has 0 aromatic carbocycles. The van der Waals surface area contributed by atoms with Crippen molar-refractivity contribution in [1.29, 1.82) is 0 Å². The van der Waals surface area contributed by atoms with E-state index in [0.29, 0.717) is 5.92 Å². The fourth-order valence-electron chi connectivity index (χ4n) is 2.09. The Hall–Kier alpha value is -0.773. The van der Waals surface area contributed by atoms with Crippen molar-refractivity contribution in [1.82, 2.24) is 0 Å². The lowest BCUT2D eigenvalue weighted by atomic mass is 10.1. The summed E-state index contributed by atoms with van der Waals surface area (Å²) in [6.07, 6.45) is 5.95. The molecule has 1 aliphatic rings. The van der Waals surface area contributed by atoms with Crippen LogP contribution in [0.5, 0.6) is 0 Å². The number of azide groups is 1. The van der Waals surface area contributed by atoms with Gasteiger partial charge in [-0.1, -0.05) is 38.0 Å². The molecule has 0 saturated heterocycles. The molecule has 0 aliphatic heterocycles. The Morgan fingerprint density at radius 3 is 2.58 bits per heavy atom.